The van der Waals surface area contributed by atoms with Crippen molar-refractivity contribution in [2.75, 3.05) is 10.5 Å². The highest BCUT2D eigenvalue weighted by molar-refractivity contribution is 7.92. The Bertz CT molecular complexity index is 702. The van der Waals surface area contributed by atoms with Gasteiger partial charge in [0.1, 0.15) is 10.0 Å². The van der Waals surface area contributed by atoms with Gasteiger partial charge in [0.15, 0.2) is 0 Å². The Morgan fingerprint density at radius 2 is 1.89 bits per heavy atom. The van der Waals surface area contributed by atoms with Crippen LogP contribution in [-0.2, 0) is 10.0 Å². The molecule has 0 fully saturated rings. The molecule has 0 spiro atoms. The van der Waals surface area contributed by atoms with Crippen molar-refractivity contribution in [3.8, 4) is 0 Å². The van der Waals surface area contributed by atoms with E-state index in [0.29, 0.717) is 5.69 Å². The predicted octanol–water partition coefficient (Wildman–Crippen LogP) is 2.77. The summed E-state index contributed by atoms with van der Waals surface area (Å²) in [7, 11) is -3.79. The fourth-order valence-electron chi connectivity index (χ4n) is 1.38. The van der Waals surface area contributed by atoms with E-state index in [0.717, 1.165) is 0 Å². The Labute approximate surface area is 120 Å². The van der Waals surface area contributed by atoms with Gasteiger partial charge in [0.25, 0.3) is 10.0 Å². The second-order valence-electron chi connectivity index (χ2n) is 3.66. The highest BCUT2D eigenvalue weighted by Crippen LogP contribution is 2.25. The summed E-state index contributed by atoms with van der Waals surface area (Å²) in [5.41, 5.74) is 6.19. The number of sulfonamides is 1. The first kappa shape index (κ1) is 13.9. The SMILES string of the molecule is Nc1ccc(S(=O)(=O)Nc2ccc(Cl)nc2)c(Cl)c1. The maximum absolute atomic E-state index is 12.1. The van der Waals surface area contributed by atoms with Crippen molar-refractivity contribution >= 4 is 44.6 Å². The number of hydrogen-bond donors (Lipinski definition) is 2. The van der Waals surface area contributed by atoms with Crippen molar-refractivity contribution in [2.45, 2.75) is 4.90 Å². The second-order valence-corrected chi connectivity index (χ2v) is 6.11. The van der Waals surface area contributed by atoms with Crippen LogP contribution in [0.25, 0.3) is 0 Å². The van der Waals surface area contributed by atoms with Gasteiger partial charge in [0, 0.05) is 5.69 Å². The minimum Gasteiger partial charge on any atom is -0.399 e. The largest absolute Gasteiger partial charge is 0.399 e. The molecule has 19 heavy (non-hydrogen) atoms. The number of pyridine rings is 1. The summed E-state index contributed by atoms with van der Waals surface area (Å²) >= 11 is 11.5. The molecular weight excluding hydrogens is 309 g/mol. The molecule has 2 aromatic rings. The Morgan fingerprint density at radius 1 is 1.16 bits per heavy atom. The fraction of sp³-hybridized carbons (Fsp3) is 0. The molecule has 0 aliphatic heterocycles. The first-order chi connectivity index (χ1) is 8.88. The van der Waals surface area contributed by atoms with Crippen LogP contribution in [0.4, 0.5) is 11.4 Å². The molecule has 0 saturated carbocycles. The molecule has 8 heteroatoms. The van der Waals surface area contributed by atoms with Crippen LogP contribution in [0.15, 0.2) is 41.4 Å². The Morgan fingerprint density at radius 3 is 2.47 bits per heavy atom. The van der Waals surface area contributed by atoms with Crippen molar-refractivity contribution < 1.29 is 8.42 Å². The average molecular weight is 318 g/mol. The molecule has 0 aliphatic carbocycles. The van der Waals surface area contributed by atoms with Crippen molar-refractivity contribution in [1.29, 1.82) is 0 Å². The lowest BCUT2D eigenvalue weighted by Gasteiger charge is -2.09. The van der Waals surface area contributed by atoms with Crippen LogP contribution in [0.5, 0.6) is 0 Å². The average Bonchev–Trinajstić information content (AvgIpc) is 2.31. The number of hydrogen-bond acceptors (Lipinski definition) is 4. The van der Waals surface area contributed by atoms with Crippen molar-refractivity contribution in [3.05, 3.63) is 46.7 Å². The number of anilines is 2. The summed E-state index contributed by atoms with van der Waals surface area (Å²) in [6, 6.07) is 7.14. The zero-order valence-electron chi connectivity index (χ0n) is 9.47. The van der Waals surface area contributed by atoms with Gasteiger partial charge in [-0.3, -0.25) is 4.72 Å². The quantitative estimate of drug-likeness (QED) is 0.673. The normalized spacial score (nSPS) is 11.3. The van der Waals surface area contributed by atoms with Crippen molar-refractivity contribution in [3.63, 3.8) is 0 Å². The van der Waals surface area contributed by atoms with E-state index in [2.05, 4.69) is 9.71 Å². The van der Waals surface area contributed by atoms with Crippen LogP contribution in [0.2, 0.25) is 10.2 Å². The molecule has 0 radical (unpaired) electrons. The minimum atomic E-state index is -3.79. The zero-order chi connectivity index (χ0) is 14.0. The van der Waals surface area contributed by atoms with Gasteiger partial charge in [-0.25, -0.2) is 13.4 Å². The number of nitrogens with two attached hydrogens (primary N) is 1. The maximum Gasteiger partial charge on any atom is 0.263 e. The molecule has 0 aliphatic rings. The van der Waals surface area contributed by atoms with Gasteiger partial charge in [0.05, 0.1) is 16.9 Å². The summed E-state index contributed by atoms with van der Waals surface area (Å²) in [5.74, 6) is 0. The Hall–Kier alpha value is -1.50. The summed E-state index contributed by atoms with van der Waals surface area (Å²) in [4.78, 5) is 3.72. The van der Waals surface area contributed by atoms with E-state index in [4.69, 9.17) is 28.9 Å². The highest BCUT2D eigenvalue weighted by atomic mass is 35.5. The van der Waals surface area contributed by atoms with Gasteiger partial charge in [0.2, 0.25) is 0 Å². The van der Waals surface area contributed by atoms with E-state index in [1.807, 2.05) is 0 Å². The van der Waals surface area contributed by atoms with Crippen molar-refractivity contribution in [2.24, 2.45) is 0 Å². The van der Waals surface area contributed by atoms with Crippen LogP contribution in [-0.4, -0.2) is 13.4 Å². The van der Waals surface area contributed by atoms with Crippen LogP contribution in [0.1, 0.15) is 0 Å². The number of aromatic nitrogens is 1. The monoisotopic (exact) mass is 317 g/mol. The molecule has 0 amide bonds. The summed E-state index contributed by atoms with van der Waals surface area (Å²) < 4.78 is 26.6. The third-order valence-corrected chi connectivity index (χ3v) is 4.31. The number of nitrogens with one attached hydrogen (secondary N) is 1. The fourth-order valence-corrected chi connectivity index (χ4v) is 3.09. The van der Waals surface area contributed by atoms with Crippen LogP contribution in [0.3, 0.4) is 0 Å². The smallest absolute Gasteiger partial charge is 0.263 e. The molecule has 2 rings (SSSR count). The summed E-state index contributed by atoms with van der Waals surface area (Å²) in [6.07, 6.45) is 1.31. The minimum absolute atomic E-state index is 0.0504. The number of halogens is 2. The topological polar surface area (TPSA) is 85.1 Å². The molecule has 0 bridgehead atoms. The van der Waals surface area contributed by atoms with Crippen molar-refractivity contribution in [1.82, 2.24) is 4.98 Å². The van der Waals surface area contributed by atoms with Gasteiger partial charge < -0.3 is 5.73 Å². The number of nitrogens with zero attached hydrogens (tertiary/aromatic N) is 1. The Kier molecular flexibility index (Phi) is 3.84. The third kappa shape index (κ3) is 3.28. The highest BCUT2D eigenvalue weighted by Gasteiger charge is 2.18. The number of rotatable bonds is 3. The Balaban J connectivity index is 2.35. The standard InChI is InChI=1S/C11H9Cl2N3O2S/c12-9-5-7(14)1-3-10(9)19(17,18)16-8-2-4-11(13)15-6-8/h1-6,16H,14H2. The first-order valence-corrected chi connectivity index (χ1v) is 7.32. The van der Waals surface area contributed by atoms with E-state index in [9.17, 15) is 8.42 Å². The molecule has 1 heterocycles. The van der Waals surface area contributed by atoms with Gasteiger partial charge in [-0.2, -0.15) is 0 Å². The van der Waals surface area contributed by atoms with E-state index in [1.165, 1.54) is 36.5 Å². The zero-order valence-corrected chi connectivity index (χ0v) is 11.8. The van der Waals surface area contributed by atoms with Gasteiger partial charge in [-0.15, -0.1) is 0 Å². The second kappa shape index (κ2) is 5.24. The molecular formula is C11H9Cl2N3O2S. The molecule has 1 aromatic carbocycles. The molecule has 1 aromatic heterocycles. The first-order valence-electron chi connectivity index (χ1n) is 5.08. The number of benzene rings is 1. The van der Waals surface area contributed by atoms with Gasteiger partial charge in [-0.1, -0.05) is 23.2 Å². The number of nitrogen functional groups attached to an aromatic ring is 1. The molecule has 100 valence electrons. The lowest BCUT2D eigenvalue weighted by molar-refractivity contribution is 0.601. The van der Waals surface area contributed by atoms with E-state index < -0.39 is 10.0 Å². The molecule has 0 unspecified atom stereocenters. The van der Waals surface area contributed by atoms with Gasteiger partial charge >= 0.3 is 0 Å². The van der Waals surface area contributed by atoms with Gasteiger partial charge in [-0.05, 0) is 30.3 Å². The molecule has 5 nitrogen and oxygen atoms in total. The molecule has 3 N–H and O–H groups in total. The lowest BCUT2D eigenvalue weighted by Crippen LogP contribution is -2.13. The predicted molar refractivity (Wildman–Crippen MR) is 75.9 cm³/mol. The molecule has 0 atom stereocenters. The van der Waals surface area contributed by atoms with E-state index in [1.54, 1.807) is 0 Å². The summed E-state index contributed by atoms with van der Waals surface area (Å²) in [6.45, 7) is 0. The van der Waals surface area contributed by atoms with E-state index in [-0.39, 0.29) is 20.8 Å². The van der Waals surface area contributed by atoms with Crippen LogP contribution in [0, 0.1) is 0 Å². The summed E-state index contributed by atoms with van der Waals surface area (Å²) in [5, 5.41) is 0.322. The third-order valence-electron chi connectivity index (χ3n) is 2.23. The van der Waals surface area contributed by atoms with Crippen LogP contribution >= 0.6 is 23.2 Å². The lowest BCUT2D eigenvalue weighted by atomic mass is 10.3. The van der Waals surface area contributed by atoms with Crippen LogP contribution < -0.4 is 10.5 Å². The maximum atomic E-state index is 12.1. The molecule has 0 saturated heterocycles. The van der Waals surface area contributed by atoms with E-state index >= 15 is 0 Å².